The van der Waals surface area contributed by atoms with Crippen LogP contribution in [0.3, 0.4) is 0 Å². The molecule has 0 aromatic heterocycles. The van der Waals surface area contributed by atoms with E-state index in [0.717, 1.165) is 25.9 Å². The van der Waals surface area contributed by atoms with Gasteiger partial charge in [-0.05, 0) is 31.8 Å². The fourth-order valence-corrected chi connectivity index (χ4v) is 2.93. The summed E-state index contributed by atoms with van der Waals surface area (Å²) in [4.78, 5) is 13.9. The largest absolute Gasteiger partial charge is 0.388 e. The molecular weight excluding hydrogens is 244 g/mol. The van der Waals surface area contributed by atoms with Gasteiger partial charge in [0.25, 0.3) is 0 Å². The Labute approximate surface area is 115 Å². The van der Waals surface area contributed by atoms with E-state index in [9.17, 15) is 9.90 Å². The van der Waals surface area contributed by atoms with Crippen LogP contribution in [0.1, 0.15) is 32.1 Å². The zero-order valence-corrected chi connectivity index (χ0v) is 11.9. The molecule has 5 nitrogen and oxygen atoms in total. The van der Waals surface area contributed by atoms with E-state index in [1.54, 1.807) is 11.9 Å². The molecule has 2 aliphatic heterocycles. The van der Waals surface area contributed by atoms with Crippen LogP contribution in [0.25, 0.3) is 0 Å². The highest BCUT2D eigenvalue weighted by Crippen LogP contribution is 2.23. The molecule has 2 fully saturated rings. The first-order valence-corrected chi connectivity index (χ1v) is 7.34. The Morgan fingerprint density at radius 1 is 1.37 bits per heavy atom. The minimum Gasteiger partial charge on any atom is -0.388 e. The Morgan fingerprint density at radius 2 is 2.00 bits per heavy atom. The van der Waals surface area contributed by atoms with Crippen LogP contribution < -0.4 is 5.32 Å². The zero-order valence-electron chi connectivity index (χ0n) is 11.9. The smallest absolute Gasteiger partial charge is 0.222 e. The maximum atomic E-state index is 12.2. The van der Waals surface area contributed by atoms with Crippen LogP contribution in [-0.2, 0) is 9.53 Å². The fraction of sp³-hybridized carbons (Fsp3) is 0.929. The maximum Gasteiger partial charge on any atom is 0.222 e. The Balaban J connectivity index is 1.77. The lowest BCUT2D eigenvalue weighted by Gasteiger charge is -2.36. The standard InChI is InChI=1S/C14H26N2O3/c1-16(11-14(18)4-8-19-9-5-14)13(17)10-12-2-6-15-7-3-12/h12,15,18H,2-11H2,1H3. The molecule has 0 radical (unpaired) electrons. The van der Waals surface area contributed by atoms with E-state index in [2.05, 4.69) is 5.32 Å². The molecule has 2 heterocycles. The summed E-state index contributed by atoms with van der Waals surface area (Å²) in [6, 6.07) is 0. The quantitative estimate of drug-likeness (QED) is 0.775. The van der Waals surface area contributed by atoms with Crippen molar-refractivity contribution in [2.24, 2.45) is 5.92 Å². The van der Waals surface area contributed by atoms with Crippen molar-refractivity contribution in [3.63, 3.8) is 0 Å². The van der Waals surface area contributed by atoms with Crippen molar-refractivity contribution < 1.29 is 14.6 Å². The SMILES string of the molecule is CN(CC1(O)CCOCC1)C(=O)CC1CCNCC1. The van der Waals surface area contributed by atoms with Crippen LogP contribution in [0.5, 0.6) is 0 Å². The van der Waals surface area contributed by atoms with Gasteiger partial charge in [0.1, 0.15) is 0 Å². The number of rotatable bonds is 4. The average Bonchev–Trinajstić information content (AvgIpc) is 2.40. The van der Waals surface area contributed by atoms with Gasteiger partial charge >= 0.3 is 0 Å². The second-order valence-electron chi connectivity index (χ2n) is 5.98. The lowest BCUT2D eigenvalue weighted by Crippen LogP contribution is -2.47. The third-order valence-electron chi connectivity index (χ3n) is 4.30. The van der Waals surface area contributed by atoms with Crippen molar-refractivity contribution in [3.8, 4) is 0 Å². The minimum absolute atomic E-state index is 0.159. The molecule has 5 heteroatoms. The number of nitrogens with one attached hydrogen (secondary N) is 1. The molecule has 2 rings (SSSR count). The molecule has 2 aliphatic rings. The van der Waals surface area contributed by atoms with Crippen molar-refractivity contribution in [1.29, 1.82) is 0 Å². The normalized spacial score (nSPS) is 24.1. The van der Waals surface area contributed by atoms with Crippen molar-refractivity contribution in [2.45, 2.75) is 37.7 Å². The van der Waals surface area contributed by atoms with Gasteiger partial charge in [0.05, 0.1) is 5.60 Å². The molecule has 0 unspecified atom stereocenters. The van der Waals surface area contributed by atoms with Crippen LogP contribution in [0.15, 0.2) is 0 Å². The van der Waals surface area contributed by atoms with Crippen molar-refractivity contribution in [1.82, 2.24) is 10.2 Å². The van der Waals surface area contributed by atoms with Crippen LogP contribution in [-0.4, -0.2) is 61.4 Å². The average molecular weight is 270 g/mol. The molecule has 0 aromatic carbocycles. The second kappa shape index (κ2) is 6.68. The van der Waals surface area contributed by atoms with Gasteiger partial charge in [0.15, 0.2) is 0 Å². The first kappa shape index (κ1) is 14.8. The molecular formula is C14H26N2O3. The summed E-state index contributed by atoms with van der Waals surface area (Å²) in [5, 5.41) is 13.7. The number of nitrogens with zero attached hydrogens (tertiary/aromatic N) is 1. The zero-order chi connectivity index (χ0) is 13.7. The highest BCUT2D eigenvalue weighted by molar-refractivity contribution is 5.76. The highest BCUT2D eigenvalue weighted by Gasteiger charge is 2.32. The van der Waals surface area contributed by atoms with Gasteiger partial charge in [-0.1, -0.05) is 0 Å². The van der Waals surface area contributed by atoms with E-state index >= 15 is 0 Å². The van der Waals surface area contributed by atoms with Gasteiger partial charge < -0.3 is 20.1 Å². The number of hydrogen-bond acceptors (Lipinski definition) is 4. The predicted molar refractivity (Wildman–Crippen MR) is 72.9 cm³/mol. The Hall–Kier alpha value is -0.650. The third-order valence-corrected chi connectivity index (χ3v) is 4.30. The molecule has 0 aliphatic carbocycles. The molecule has 0 saturated carbocycles. The van der Waals surface area contributed by atoms with E-state index in [1.807, 2.05) is 0 Å². The summed E-state index contributed by atoms with van der Waals surface area (Å²) in [5.74, 6) is 0.660. The summed E-state index contributed by atoms with van der Waals surface area (Å²) in [7, 11) is 1.80. The number of likely N-dealkylation sites (N-methyl/N-ethyl adjacent to an activating group) is 1. The number of aliphatic hydroxyl groups is 1. The molecule has 110 valence electrons. The number of piperidine rings is 1. The van der Waals surface area contributed by atoms with Crippen molar-refractivity contribution in [2.75, 3.05) is 39.9 Å². The topological polar surface area (TPSA) is 61.8 Å². The summed E-state index contributed by atoms with van der Waals surface area (Å²) < 4.78 is 5.26. The fourth-order valence-electron chi connectivity index (χ4n) is 2.93. The van der Waals surface area contributed by atoms with Gasteiger partial charge in [-0.25, -0.2) is 0 Å². The number of ether oxygens (including phenoxy) is 1. The van der Waals surface area contributed by atoms with Gasteiger partial charge in [-0.15, -0.1) is 0 Å². The minimum atomic E-state index is -0.753. The third kappa shape index (κ3) is 4.44. The predicted octanol–water partition coefficient (Wildman–Crippen LogP) is 0.376. The first-order valence-electron chi connectivity index (χ1n) is 7.34. The van der Waals surface area contributed by atoms with Crippen molar-refractivity contribution in [3.05, 3.63) is 0 Å². The van der Waals surface area contributed by atoms with Gasteiger partial charge in [-0.2, -0.15) is 0 Å². The molecule has 0 spiro atoms. The van der Waals surface area contributed by atoms with Gasteiger partial charge in [0, 0.05) is 46.1 Å². The lowest BCUT2D eigenvalue weighted by atomic mass is 9.92. The van der Waals surface area contributed by atoms with Crippen molar-refractivity contribution >= 4 is 5.91 Å². The van der Waals surface area contributed by atoms with E-state index in [4.69, 9.17) is 4.74 Å². The number of carbonyl (C=O) groups is 1. The lowest BCUT2D eigenvalue weighted by molar-refractivity contribution is -0.137. The molecule has 0 aromatic rings. The van der Waals surface area contributed by atoms with E-state index in [1.165, 1.54) is 0 Å². The van der Waals surface area contributed by atoms with Gasteiger partial charge in [-0.3, -0.25) is 4.79 Å². The molecule has 2 saturated heterocycles. The second-order valence-corrected chi connectivity index (χ2v) is 5.98. The first-order chi connectivity index (χ1) is 9.09. The molecule has 2 N–H and O–H groups in total. The van der Waals surface area contributed by atoms with Crippen LogP contribution >= 0.6 is 0 Å². The van der Waals surface area contributed by atoms with Crippen LogP contribution in [0.2, 0.25) is 0 Å². The molecule has 19 heavy (non-hydrogen) atoms. The molecule has 0 bridgehead atoms. The van der Waals surface area contributed by atoms with E-state index < -0.39 is 5.60 Å². The monoisotopic (exact) mass is 270 g/mol. The Bertz CT molecular complexity index is 297. The van der Waals surface area contributed by atoms with Gasteiger partial charge in [0.2, 0.25) is 5.91 Å². The number of amides is 1. The number of hydrogen-bond donors (Lipinski definition) is 2. The highest BCUT2D eigenvalue weighted by atomic mass is 16.5. The summed E-state index contributed by atoms with van der Waals surface area (Å²) in [5.41, 5.74) is -0.753. The van der Waals surface area contributed by atoms with E-state index in [-0.39, 0.29) is 5.91 Å². The summed E-state index contributed by atoms with van der Waals surface area (Å²) in [6.45, 7) is 3.64. The van der Waals surface area contributed by atoms with Crippen LogP contribution in [0, 0.1) is 5.92 Å². The summed E-state index contributed by atoms with van der Waals surface area (Å²) >= 11 is 0. The molecule has 1 amide bonds. The Kier molecular flexibility index (Phi) is 5.19. The molecule has 0 atom stereocenters. The van der Waals surface area contributed by atoms with Crippen LogP contribution in [0.4, 0.5) is 0 Å². The number of carbonyl (C=O) groups excluding carboxylic acids is 1. The Morgan fingerprint density at radius 3 is 2.63 bits per heavy atom. The summed E-state index contributed by atoms with van der Waals surface area (Å²) in [6.07, 6.45) is 4.02. The maximum absolute atomic E-state index is 12.2. The van der Waals surface area contributed by atoms with E-state index in [0.29, 0.717) is 44.9 Å².